The van der Waals surface area contributed by atoms with Crippen molar-refractivity contribution in [2.75, 3.05) is 13.7 Å². The number of rotatable bonds is 7. The number of hydrogen-bond donors (Lipinski definition) is 4. The molecule has 1 unspecified atom stereocenters. The summed E-state index contributed by atoms with van der Waals surface area (Å²) >= 11 is 0. The van der Waals surface area contributed by atoms with Gasteiger partial charge in [-0.05, 0) is 29.8 Å². The van der Waals surface area contributed by atoms with Gasteiger partial charge >= 0.3 is 6.03 Å². The molecule has 1 aliphatic heterocycles. The molecule has 27 heavy (non-hydrogen) atoms. The highest BCUT2D eigenvalue weighted by Gasteiger charge is 2.15. The Hall–Kier alpha value is -3.33. The molecule has 4 N–H and O–H groups in total. The van der Waals surface area contributed by atoms with Crippen LogP contribution in [0.5, 0.6) is 11.5 Å². The van der Waals surface area contributed by atoms with Crippen LogP contribution in [0.4, 0.5) is 9.18 Å². The number of methoxy groups -OCH3 is 1. The first-order valence-electron chi connectivity index (χ1n) is 8.28. The van der Waals surface area contributed by atoms with Crippen LogP contribution in [-0.2, 0) is 6.61 Å². The van der Waals surface area contributed by atoms with Gasteiger partial charge in [-0.15, -0.1) is 0 Å². The van der Waals surface area contributed by atoms with E-state index >= 15 is 0 Å². The van der Waals surface area contributed by atoms with Crippen LogP contribution in [0.3, 0.4) is 0 Å². The van der Waals surface area contributed by atoms with Crippen molar-refractivity contribution < 1.29 is 18.7 Å². The van der Waals surface area contributed by atoms with Crippen LogP contribution in [0.15, 0.2) is 47.6 Å². The zero-order chi connectivity index (χ0) is 19.1. The number of amides is 2. The van der Waals surface area contributed by atoms with E-state index in [2.05, 4.69) is 26.7 Å². The molecular formula is C18H20FN5O3. The Balaban J connectivity index is 1.60. The quantitative estimate of drug-likeness (QED) is 0.436. The molecule has 1 heterocycles. The van der Waals surface area contributed by atoms with Crippen molar-refractivity contribution in [1.29, 1.82) is 0 Å². The number of carbonyl (C=O) groups excluding carboxylic acids is 1. The number of benzene rings is 2. The van der Waals surface area contributed by atoms with Gasteiger partial charge in [0.15, 0.2) is 11.5 Å². The molecule has 2 aromatic rings. The summed E-state index contributed by atoms with van der Waals surface area (Å²) < 4.78 is 24.7. The van der Waals surface area contributed by atoms with Gasteiger partial charge in [0.2, 0.25) is 0 Å². The van der Waals surface area contributed by atoms with Crippen LogP contribution in [-0.4, -0.2) is 32.1 Å². The zero-order valence-electron chi connectivity index (χ0n) is 14.7. The fraction of sp³-hybridized carbons (Fsp3) is 0.222. The van der Waals surface area contributed by atoms with Gasteiger partial charge in [0, 0.05) is 5.56 Å². The second-order valence-corrected chi connectivity index (χ2v) is 5.71. The number of halogens is 1. The summed E-state index contributed by atoms with van der Waals surface area (Å²) in [6.07, 6.45) is 1.28. The van der Waals surface area contributed by atoms with Gasteiger partial charge in [-0.25, -0.2) is 14.6 Å². The van der Waals surface area contributed by atoms with Crippen LogP contribution in [0, 0.1) is 5.82 Å². The fourth-order valence-corrected chi connectivity index (χ4v) is 2.41. The SMILES string of the molecule is COc1cc(/C=N/NC2CNNC(=O)N2)ccc1OCc1ccccc1F. The van der Waals surface area contributed by atoms with Crippen LogP contribution >= 0.6 is 0 Å². The third-order valence-electron chi connectivity index (χ3n) is 3.79. The highest BCUT2D eigenvalue weighted by Crippen LogP contribution is 2.28. The lowest BCUT2D eigenvalue weighted by Gasteiger charge is -2.24. The molecule has 1 saturated heterocycles. The zero-order valence-corrected chi connectivity index (χ0v) is 14.7. The molecule has 0 spiro atoms. The van der Waals surface area contributed by atoms with Gasteiger partial charge in [-0.3, -0.25) is 10.9 Å². The number of ether oxygens (including phenoxy) is 2. The Labute approximate surface area is 155 Å². The molecule has 0 radical (unpaired) electrons. The van der Waals surface area contributed by atoms with Crippen molar-refractivity contribution in [3.05, 3.63) is 59.4 Å². The first-order chi connectivity index (χ1) is 13.2. The predicted octanol–water partition coefficient (Wildman–Crippen LogP) is 1.48. The van der Waals surface area contributed by atoms with E-state index < -0.39 is 0 Å². The van der Waals surface area contributed by atoms with E-state index in [1.807, 2.05) is 0 Å². The Bertz CT molecular complexity index is 830. The number of hydrazone groups is 1. The van der Waals surface area contributed by atoms with Gasteiger partial charge in [0.25, 0.3) is 0 Å². The standard InChI is InChI=1S/C18H20FN5O3/c1-26-16-8-12(9-20-23-17-10-21-24-18(25)22-17)6-7-15(16)27-11-13-4-2-3-5-14(13)19/h2-9,17,21,23H,10-11H2,1H3,(H2,22,24,25)/b20-9+. The minimum Gasteiger partial charge on any atom is -0.493 e. The van der Waals surface area contributed by atoms with Crippen molar-refractivity contribution in [1.82, 2.24) is 21.6 Å². The van der Waals surface area contributed by atoms with Crippen molar-refractivity contribution in [3.8, 4) is 11.5 Å². The van der Waals surface area contributed by atoms with Crippen molar-refractivity contribution in [3.63, 3.8) is 0 Å². The summed E-state index contributed by atoms with van der Waals surface area (Å²) in [5, 5.41) is 6.76. The number of hydrazine groups is 1. The minimum atomic E-state index is -0.327. The molecule has 9 heteroatoms. The molecular weight excluding hydrogens is 353 g/mol. The average Bonchev–Trinajstić information content (AvgIpc) is 2.68. The number of nitrogens with one attached hydrogen (secondary N) is 4. The normalized spacial score (nSPS) is 16.5. The van der Waals surface area contributed by atoms with Gasteiger partial charge < -0.3 is 14.8 Å². The fourth-order valence-electron chi connectivity index (χ4n) is 2.41. The lowest BCUT2D eigenvalue weighted by molar-refractivity contribution is 0.217. The van der Waals surface area contributed by atoms with E-state index in [-0.39, 0.29) is 24.6 Å². The first kappa shape index (κ1) is 18.5. The van der Waals surface area contributed by atoms with E-state index in [0.29, 0.717) is 23.6 Å². The average molecular weight is 373 g/mol. The molecule has 8 nitrogen and oxygen atoms in total. The second-order valence-electron chi connectivity index (χ2n) is 5.71. The maximum Gasteiger partial charge on any atom is 0.330 e. The summed E-state index contributed by atoms with van der Waals surface area (Å²) in [6.45, 7) is 0.579. The number of nitrogens with zero attached hydrogens (tertiary/aromatic N) is 1. The summed E-state index contributed by atoms with van der Waals surface area (Å²) in [5.41, 5.74) is 9.21. The summed E-state index contributed by atoms with van der Waals surface area (Å²) in [6, 6.07) is 11.4. The number of hydrogen-bond acceptors (Lipinski definition) is 6. The monoisotopic (exact) mass is 373 g/mol. The maximum atomic E-state index is 13.7. The molecule has 2 aromatic carbocycles. The van der Waals surface area contributed by atoms with E-state index in [0.717, 1.165) is 5.56 Å². The highest BCUT2D eigenvalue weighted by molar-refractivity contribution is 5.80. The van der Waals surface area contributed by atoms with E-state index in [1.54, 1.807) is 42.6 Å². The molecule has 3 rings (SSSR count). The van der Waals surface area contributed by atoms with Crippen LogP contribution in [0.25, 0.3) is 0 Å². The number of urea groups is 1. The van der Waals surface area contributed by atoms with E-state index in [4.69, 9.17) is 9.47 Å². The first-order valence-corrected chi connectivity index (χ1v) is 8.28. The summed E-state index contributed by atoms with van der Waals surface area (Å²) in [4.78, 5) is 11.2. The summed E-state index contributed by atoms with van der Waals surface area (Å²) in [7, 11) is 1.53. The third kappa shape index (κ3) is 5.08. The molecule has 0 saturated carbocycles. The molecule has 1 fully saturated rings. The van der Waals surface area contributed by atoms with Crippen molar-refractivity contribution in [2.45, 2.75) is 12.8 Å². The minimum absolute atomic E-state index is 0.0977. The van der Waals surface area contributed by atoms with Crippen LogP contribution < -0.4 is 31.1 Å². The predicted molar refractivity (Wildman–Crippen MR) is 97.9 cm³/mol. The van der Waals surface area contributed by atoms with Crippen LogP contribution in [0.2, 0.25) is 0 Å². The number of carbonyl (C=O) groups is 1. The molecule has 0 aliphatic carbocycles. The second kappa shape index (κ2) is 8.86. The lowest BCUT2D eigenvalue weighted by atomic mass is 10.2. The molecule has 1 atom stereocenters. The van der Waals surface area contributed by atoms with Crippen molar-refractivity contribution >= 4 is 12.2 Å². The van der Waals surface area contributed by atoms with Crippen LogP contribution in [0.1, 0.15) is 11.1 Å². The molecule has 2 amide bonds. The van der Waals surface area contributed by atoms with Gasteiger partial charge in [0.05, 0.1) is 19.9 Å². The smallest absolute Gasteiger partial charge is 0.330 e. The molecule has 142 valence electrons. The molecule has 1 aliphatic rings. The summed E-state index contributed by atoms with van der Waals surface area (Å²) in [5.74, 6) is 0.693. The highest BCUT2D eigenvalue weighted by atomic mass is 19.1. The topological polar surface area (TPSA) is 96.0 Å². The lowest BCUT2D eigenvalue weighted by Crippen LogP contribution is -2.62. The van der Waals surface area contributed by atoms with E-state index in [1.165, 1.54) is 13.2 Å². The largest absolute Gasteiger partial charge is 0.493 e. The van der Waals surface area contributed by atoms with Gasteiger partial charge in [-0.2, -0.15) is 5.10 Å². The Morgan fingerprint density at radius 1 is 1.30 bits per heavy atom. The third-order valence-corrected chi connectivity index (χ3v) is 3.79. The van der Waals surface area contributed by atoms with E-state index in [9.17, 15) is 9.18 Å². The van der Waals surface area contributed by atoms with Crippen molar-refractivity contribution in [2.24, 2.45) is 5.10 Å². The Morgan fingerprint density at radius 2 is 2.15 bits per heavy atom. The van der Waals surface area contributed by atoms with Gasteiger partial charge in [-0.1, -0.05) is 18.2 Å². The molecule has 0 aromatic heterocycles. The van der Waals surface area contributed by atoms with Gasteiger partial charge in [0.1, 0.15) is 18.6 Å². The Morgan fingerprint density at radius 3 is 2.93 bits per heavy atom. The Kier molecular flexibility index (Phi) is 6.06. The molecule has 0 bridgehead atoms. The maximum absolute atomic E-state index is 13.7.